The molecule has 5 heteroatoms. The van der Waals surface area contributed by atoms with E-state index in [-0.39, 0.29) is 11.5 Å². The summed E-state index contributed by atoms with van der Waals surface area (Å²) in [6.45, 7) is 6.41. The van der Waals surface area contributed by atoms with Crippen molar-refractivity contribution in [3.63, 3.8) is 0 Å². The molecular weight excluding hydrogens is 190 g/mol. The Balaban J connectivity index is 3.06. The second kappa shape index (κ2) is 3.92. The van der Waals surface area contributed by atoms with Gasteiger partial charge in [0.25, 0.3) is 0 Å². The molecule has 4 N–H and O–H groups in total. The highest BCUT2D eigenvalue weighted by molar-refractivity contribution is 5.51. The molecule has 1 rings (SSSR count). The zero-order valence-corrected chi connectivity index (χ0v) is 9.78. The van der Waals surface area contributed by atoms with Gasteiger partial charge < -0.3 is 16.4 Å². The standard InChI is InChI=1S/C10H19N5/c1-5-10(2,3)15(4)8-6-7(11)13-9(12)14-8/h6H,5H2,1-4H3,(H4,11,12,13,14). The van der Waals surface area contributed by atoms with Crippen molar-refractivity contribution in [3.8, 4) is 0 Å². The van der Waals surface area contributed by atoms with E-state index in [0.717, 1.165) is 12.2 Å². The van der Waals surface area contributed by atoms with Crippen LogP contribution in [0.5, 0.6) is 0 Å². The van der Waals surface area contributed by atoms with Gasteiger partial charge in [0.05, 0.1) is 0 Å². The Bertz CT molecular complexity index is 327. The molecule has 15 heavy (non-hydrogen) atoms. The molecule has 5 nitrogen and oxygen atoms in total. The van der Waals surface area contributed by atoms with E-state index in [1.807, 2.05) is 7.05 Å². The summed E-state index contributed by atoms with van der Waals surface area (Å²) in [5.74, 6) is 1.37. The van der Waals surface area contributed by atoms with E-state index in [0.29, 0.717) is 5.82 Å². The van der Waals surface area contributed by atoms with Crippen molar-refractivity contribution in [2.24, 2.45) is 0 Å². The number of nitrogens with two attached hydrogens (primary N) is 2. The first-order chi connectivity index (χ1) is 6.86. The number of aromatic nitrogens is 2. The molecule has 0 amide bonds. The molecule has 1 aromatic heterocycles. The number of rotatable bonds is 3. The van der Waals surface area contributed by atoms with E-state index in [1.54, 1.807) is 6.07 Å². The summed E-state index contributed by atoms with van der Waals surface area (Å²) in [5, 5.41) is 0. The largest absolute Gasteiger partial charge is 0.383 e. The summed E-state index contributed by atoms with van der Waals surface area (Å²) in [4.78, 5) is 10.1. The lowest BCUT2D eigenvalue weighted by Crippen LogP contribution is -2.41. The Morgan fingerprint density at radius 1 is 1.33 bits per heavy atom. The van der Waals surface area contributed by atoms with Crippen molar-refractivity contribution in [3.05, 3.63) is 6.07 Å². The van der Waals surface area contributed by atoms with E-state index in [1.165, 1.54) is 0 Å². The van der Waals surface area contributed by atoms with Gasteiger partial charge in [-0.25, -0.2) is 0 Å². The fraction of sp³-hybridized carbons (Fsp3) is 0.600. The van der Waals surface area contributed by atoms with Crippen LogP contribution in [-0.4, -0.2) is 22.6 Å². The summed E-state index contributed by atoms with van der Waals surface area (Å²) < 4.78 is 0. The minimum absolute atomic E-state index is 0.0211. The van der Waals surface area contributed by atoms with Crippen LogP contribution in [0.3, 0.4) is 0 Å². The molecule has 0 aromatic carbocycles. The molecule has 1 aromatic rings. The van der Waals surface area contributed by atoms with Crippen molar-refractivity contribution in [2.75, 3.05) is 23.4 Å². The first-order valence-corrected chi connectivity index (χ1v) is 5.00. The maximum absolute atomic E-state index is 5.62. The van der Waals surface area contributed by atoms with Gasteiger partial charge in [0.15, 0.2) is 0 Å². The van der Waals surface area contributed by atoms with Crippen LogP contribution in [-0.2, 0) is 0 Å². The maximum atomic E-state index is 5.62. The highest BCUT2D eigenvalue weighted by atomic mass is 15.2. The molecule has 0 unspecified atom stereocenters. The molecule has 0 saturated carbocycles. The molecule has 0 spiro atoms. The molecule has 84 valence electrons. The van der Waals surface area contributed by atoms with Gasteiger partial charge in [-0.3, -0.25) is 0 Å². The van der Waals surface area contributed by atoms with Crippen LogP contribution in [0.1, 0.15) is 27.2 Å². The lowest BCUT2D eigenvalue weighted by atomic mass is 10.0. The molecule has 0 saturated heterocycles. The van der Waals surface area contributed by atoms with Gasteiger partial charge in [0, 0.05) is 18.7 Å². The third-order valence-corrected chi connectivity index (χ3v) is 2.87. The maximum Gasteiger partial charge on any atom is 0.223 e. The average Bonchev–Trinajstić information content (AvgIpc) is 2.15. The minimum Gasteiger partial charge on any atom is -0.383 e. The van der Waals surface area contributed by atoms with Gasteiger partial charge in [-0.2, -0.15) is 9.97 Å². The molecule has 0 aliphatic heterocycles. The van der Waals surface area contributed by atoms with Crippen molar-refractivity contribution < 1.29 is 0 Å². The Kier molecular flexibility index (Phi) is 3.02. The second-order valence-electron chi connectivity index (χ2n) is 4.23. The first kappa shape index (κ1) is 11.6. The van der Waals surface area contributed by atoms with Gasteiger partial charge in [0.2, 0.25) is 5.95 Å². The summed E-state index contributed by atoms with van der Waals surface area (Å²) in [6.07, 6.45) is 1.01. The topological polar surface area (TPSA) is 81.1 Å². The second-order valence-corrected chi connectivity index (χ2v) is 4.23. The van der Waals surface area contributed by atoms with Gasteiger partial charge in [-0.1, -0.05) is 6.92 Å². The van der Waals surface area contributed by atoms with Gasteiger partial charge >= 0.3 is 0 Å². The van der Waals surface area contributed by atoms with Crippen LogP contribution in [0.4, 0.5) is 17.6 Å². The molecule has 1 heterocycles. The number of nitrogens with zero attached hydrogens (tertiary/aromatic N) is 3. The quantitative estimate of drug-likeness (QED) is 0.783. The van der Waals surface area contributed by atoms with Gasteiger partial charge in [-0.05, 0) is 20.3 Å². The molecule has 0 aliphatic carbocycles. The highest BCUT2D eigenvalue weighted by Gasteiger charge is 2.22. The molecular formula is C10H19N5. The van der Waals surface area contributed by atoms with Crippen LogP contribution >= 0.6 is 0 Å². The zero-order valence-electron chi connectivity index (χ0n) is 9.78. The van der Waals surface area contributed by atoms with Crippen molar-refractivity contribution in [1.82, 2.24) is 9.97 Å². The number of nitrogen functional groups attached to an aromatic ring is 2. The van der Waals surface area contributed by atoms with Crippen molar-refractivity contribution >= 4 is 17.6 Å². The number of hydrogen-bond acceptors (Lipinski definition) is 5. The lowest BCUT2D eigenvalue weighted by molar-refractivity contribution is 0.467. The molecule has 0 atom stereocenters. The zero-order chi connectivity index (χ0) is 11.6. The van der Waals surface area contributed by atoms with Crippen LogP contribution in [0, 0.1) is 0 Å². The highest BCUT2D eigenvalue weighted by Crippen LogP contribution is 2.24. The Morgan fingerprint density at radius 2 is 1.93 bits per heavy atom. The summed E-state index contributed by atoms with van der Waals surface area (Å²) in [5.41, 5.74) is 11.2. The van der Waals surface area contributed by atoms with Crippen molar-refractivity contribution in [1.29, 1.82) is 0 Å². The first-order valence-electron chi connectivity index (χ1n) is 5.00. The number of anilines is 3. The fourth-order valence-corrected chi connectivity index (χ4v) is 1.19. The van der Waals surface area contributed by atoms with Gasteiger partial charge in [-0.15, -0.1) is 0 Å². The summed E-state index contributed by atoms with van der Waals surface area (Å²) in [7, 11) is 1.98. The fourth-order valence-electron chi connectivity index (χ4n) is 1.19. The molecule has 0 aliphatic rings. The van der Waals surface area contributed by atoms with E-state index >= 15 is 0 Å². The normalized spacial score (nSPS) is 11.5. The van der Waals surface area contributed by atoms with E-state index in [9.17, 15) is 0 Å². The van der Waals surface area contributed by atoms with Crippen LogP contribution in [0.2, 0.25) is 0 Å². The third kappa shape index (κ3) is 2.49. The molecule has 0 radical (unpaired) electrons. The van der Waals surface area contributed by atoms with Gasteiger partial charge in [0.1, 0.15) is 11.6 Å². The van der Waals surface area contributed by atoms with Crippen LogP contribution in [0.25, 0.3) is 0 Å². The summed E-state index contributed by atoms with van der Waals surface area (Å²) >= 11 is 0. The van der Waals surface area contributed by atoms with E-state index in [2.05, 4.69) is 35.6 Å². The Labute approximate surface area is 90.5 Å². The minimum atomic E-state index is 0.0211. The predicted molar refractivity (Wildman–Crippen MR) is 63.6 cm³/mol. The van der Waals surface area contributed by atoms with Crippen LogP contribution in [0.15, 0.2) is 6.07 Å². The Morgan fingerprint density at radius 3 is 2.40 bits per heavy atom. The number of hydrogen-bond donors (Lipinski definition) is 2. The monoisotopic (exact) mass is 209 g/mol. The SMILES string of the molecule is CCC(C)(C)N(C)c1cc(N)nc(N)n1. The molecule has 0 fully saturated rings. The third-order valence-electron chi connectivity index (χ3n) is 2.87. The van der Waals surface area contributed by atoms with E-state index in [4.69, 9.17) is 11.5 Å². The van der Waals surface area contributed by atoms with Crippen molar-refractivity contribution in [2.45, 2.75) is 32.7 Å². The lowest BCUT2D eigenvalue weighted by Gasteiger charge is -2.35. The molecule has 0 bridgehead atoms. The summed E-state index contributed by atoms with van der Waals surface area (Å²) in [6, 6.07) is 1.73. The van der Waals surface area contributed by atoms with E-state index < -0.39 is 0 Å². The Hall–Kier alpha value is -1.52. The smallest absolute Gasteiger partial charge is 0.223 e. The predicted octanol–water partition coefficient (Wildman–Crippen LogP) is 1.27. The van der Waals surface area contributed by atoms with Crippen LogP contribution < -0.4 is 16.4 Å². The average molecular weight is 209 g/mol.